The fraction of sp³-hybridized carbons (Fsp3) is 1.00. The molecule has 0 aliphatic heterocycles. The van der Waals surface area contributed by atoms with E-state index >= 15 is 0 Å². The zero-order valence-electron chi connectivity index (χ0n) is 6.64. The Kier molecular flexibility index (Phi) is 3.16. The number of hydrogen-bond acceptors (Lipinski definition) is 2. The predicted molar refractivity (Wildman–Crippen MR) is 41.9 cm³/mol. The van der Waals surface area contributed by atoms with Crippen molar-refractivity contribution < 1.29 is 5.11 Å². The molecule has 0 heterocycles. The van der Waals surface area contributed by atoms with E-state index < -0.39 is 0 Å². The lowest BCUT2D eigenvalue weighted by Crippen LogP contribution is -2.36. The third kappa shape index (κ3) is 1.96. The second kappa shape index (κ2) is 3.94. The van der Waals surface area contributed by atoms with E-state index in [-0.39, 0.29) is 6.10 Å². The molecule has 0 bridgehead atoms. The summed E-state index contributed by atoms with van der Waals surface area (Å²) in [5.74, 6) is 0. The summed E-state index contributed by atoms with van der Waals surface area (Å²) in [4.78, 5) is 0. The molecule has 1 saturated carbocycles. The Balaban J connectivity index is 2.35. The van der Waals surface area contributed by atoms with Gasteiger partial charge >= 0.3 is 0 Å². The van der Waals surface area contributed by atoms with Gasteiger partial charge in [-0.25, -0.2) is 0 Å². The second-order valence-electron chi connectivity index (χ2n) is 3.10. The van der Waals surface area contributed by atoms with Crippen LogP contribution in [-0.2, 0) is 0 Å². The molecule has 0 amide bonds. The van der Waals surface area contributed by atoms with Gasteiger partial charge < -0.3 is 10.4 Å². The number of aliphatic hydroxyl groups excluding tert-OH is 1. The summed E-state index contributed by atoms with van der Waals surface area (Å²) < 4.78 is 0. The lowest BCUT2D eigenvalue weighted by atomic mass is 10.1. The van der Waals surface area contributed by atoms with Crippen LogP contribution in [-0.4, -0.2) is 24.3 Å². The standard InChI is InChI=1S/C8H17NO/c1-9-7-5-3-2-4-6-8(7)10/h7-10H,2-6H2,1H3. The third-order valence-corrected chi connectivity index (χ3v) is 2.35. The Morgan fingerprint density at radius 1 is 1.20 bits per heavy atom. The van der Waals surface area contributed by atoms with Crippen LogP contribution in [0, 0.1) is 0 Å². The van der Waals surface area contributed by atoms with Crippen LogP contribution in [0.2, 0.25) is 0 Å². The number of nitrogens with one attached hydrogen (secondary N) is 1. The minimum absolute atomic E-state index is 0.104. The summed E-state index contributed by atoms with van der Waals surface area (Å²) in [5, 5.41) is 12.6. The summed E-state index contributed by atoms with van der Waals surface area (Å²) >= 11 is 0. The highest BCUT2D eigenvalue weighted by Crippen LogP contribution is 2.17. The largest absolute Gasteiger partial charge is 0.392 e. The van der Waals surface area contributed by atoms with Crippen molar-refractivity contribution in [2.24, 2.45) is 0 Å². The lowest BCUT2D eigenvalue weighted by Gasteiger charge is -2.18. The molecule has 0 saturated heterocycles. The van der Waals surface area contributed by atoms with Gasteiger partial charge in [0, 0.05) is 6.04 Å². The quantitative estimate of drug-likeness (QED) is 0.534. The van der Waals surface area contributed by atoms with Crippen molar-refractivity contribution in [2.75, 3.05) is 7.05 Å². The first-order chi connectivity index (χ1) is 4.84. The molecule has 1 fully saturated rings. The predicted octanol–water partition coefficient (Wildman–Crippen LogP) is 0.899. The molecule has 2 unspecified atom stereocenters. The molecule has 1 aliphatic carbocycles. The maximum absolute atomic E-state index is 9.49. The molecule has 10 heavy (non-hydrogen) atoms. The van der Waals surface area contributed by atoms with Crippen LogP contribution in [0.15, 0.2) is 0 Å². The molecule has 0 aromatic rings. The molecule has 2 heteroatoms. The van der Waals surface area contributed by atoms with Crippen LogP contribution in [0.5, 0.6) is 0 Å². The number of aliphatic hydroxyl groups is 1. The fourth-order valence-electron chi connectivity index (χ4n) is 1.62. The van der Waals surface area contributed by atoms with Gasteiger partial charge in [-0.15, -0.1) is 0 Å². The van der Waals surface area contributed by atoms with Crippen LogP contribution >= 0.6 is 0 Å². The molecule has 0 aromatic heterocycles. The van der Waals surface area contributed by atoms with E-state index in [2.05, 4.69) is 5.32 Å². The SMILES string of the molecule is CNC1CCCCCC1O. The smallest absolute Gasteiger partial charge is 0.0693 e. The molecular formula is C8H17NO. The van der Waals surface area contributed by atoms with Gasteiger partial charge in [-0.1, -0.05) is 19.3 Å². The Hall–Kier alpha value is -0.0800. The summed E-state index contributed by atoms with van der Waals surface area (Å²) in [7, 11) is 1.93. The van der Waals surface area contributed by atoms with Crippen LogP contribution < -0.4 is 5.32 Å². The highest BCUT2D eigenvalue weighted by molar-refractivity contribution is 4.76. The maximum atomic E-state index is 9.49. The normalized spacial score (nSPS) is 35.4. The van der Waals surface area contributed by atoms with Crippen molar-refractivity contribution in [2.45, 2.75) is 44.2 Å². The summed E-state index contributed by atoms with van der Waals surface area (Å²) in [6.45, 7) is 0. The van der Waals surface area contributed by atoms with Gasteiger partial charge in [-0.05, 0) is 19.9 Å². The van der Waals surface area contributed by atoms with Crippen molar-refractivity contribution in [3.63, 3.8) is 0 Å². The van der Waals surface area contributed by atoms with Gasteiger partial charge in [-0.3, -0.25) is 0 Å². The van der Waals surface area contributed by atoms with Crippen LogP contribution in [0.4, 0.5) is 0 Å². The molecule has 0 spiro atoms. The van der Waals surface area contributed by atoms with Crippen LogP contribution in [0.1, 0.15) is 32.1 Å². The Morgan fingerprint density at radius 3 is 2.60 bits per heavy atom. The number of hydrogen-bond donors (Lipinski definition) is 2. The molecule has 0 aromatic carbocycles. The van der Waals surface area contributed by atoms with Gasteiger partial charge in [-0.2, -0.15) is 0 Å². The molecule has 1 aliphatic rings. The van der Waals surface area contributed by atoms with Crippen LogP contribution in [0.25, 0.3) is 0 Å². The zero-order chi connectivity index (χ0) is 7.40. The number of likely N-dealkylation sites (N-methyl/N-ethyl adjacent to an activating group) is 1. The van der Waals surface area contributed by atoms with Crippen LogP contribution in [0.3, 0.4) is 0 Å². The molecule has 0 radical (unpaired) electrons. The fourth-order valence-corrected chi connectivity index (χ4v) is 1.62. The maximum Gasteiger partial charge on any atom is 0.0693 e. The molecule has 1 rings (SSSR count). The van der Waals surface area contributed by atoms with Crippen molar-refractivity contribution in [3.05, 3.63) is 0 Å². The summed E-state index contributed by atoms with van der Waals surface area (Å²) in [6, 6.07) is 0.350. The van der Waals surface area contributed by atoms with E-state index in [0.29, 0.717) is 6.04 Å². The van der Waals surface area contributed by atoms with Gasteiger partial charge in [0.1, 0.15) is 0 Å². The van der Waals surface area contributed by atoms with E-state index in [0.717, 1.165) is 12.8 Å². The van der Waals surface area contributed by atoms with E-state index in [9.17, 15) is 5.11 Å². The average molecular weight is 143 g/mol. The highest BCUT2D eigenvalue weighted by Gasteiger charge is 2.18. The summed E-state index contributed by atoms with van der Waals surface area (Å²) in [6.07, 6.45) is 5.76. The van der Waals surface area contributed by atoms with Gasteiger partial charge in [0.05, 0.1) is 6.10 Å². The van der Waals surface area contributed by atoms with E-state index in [1.54, 1.807) is 0 Å². The number of rotatable bonds is 1. The van der Waals surface area contributed by atoms with Crippen molar-refractivity contribution >= 4 is 0 Å². The first-order valence-corrected chi connectivity index (χ1v) is 4.20. The topological polar surface area (TPSA) is 32.3 Å². The van der Waals surface area contributed by atoms with Crippen molar-refractivity contribution in [3.8, 4) is 0 Å². The van der Waals surface area contributed by atoms with E-state index in [1.165, 1.54) is 19.3 Å². The Bertz CT molecular complexity index is 95.3. The highest BCUT2D eigenvalue weighted by atomic mass is 16.3. The Morgan fingerprint density at radius 2 is 1.90 bits per heavy atom. The molecule has 2 N–H and O–H groups in total. The zero-order valence-corrected chi connectivity index (χ0v) is 6.64. The third-order valence-electron chi connectivity index (χ3n) is 2.35. The average Bonchev–Trinajstić information content (AvgIpc) is 2.13. The molecule has 2 nitrogen and oxygen atoms in total. The van der Waals surface area contributed by atoms with E-state index in [1.807, 2.05) is 7.05 Å². The van der Waals surface area contributed by atoms with Gasteiger partial charge in [0.25, 0.3) is 0 Å². The monoisotopic (exact) mass is 143 g/mol. The van der Waals surface area contributed by atoms with E-state index in [4.69, 9.17) is 0 Å². The van der Waals surface area contributed by atoms with Gasteiger partial charge in [0.2, 0.25) is 0 Å². The first-order valence-electron chi connectivity index (χ1n) is 4.20. The van der Waals surface area contributed by atoms with Crippen molar-refractivity contribution in [1.82, 2.24) is 5.32 Å². The minimum Gasteiger partial charge on any atom is -0.392 e. The van der Waals surface area contributed by atoms with Crippen molar-refractivity contribution in [1.29, 1.82) is 0 Å². The molecular weight excluding hydrogens is 126 g/mol. The second-order valence-corrected chi connectivity index (χ2v) is 3.10. The minimum atomic E-state index is -0.104. The summed E-state index contributed by atoms with van der Waals surface area (Å²) in [5.41, 5.74) is 0. The molecule has 2 atom stereocenters. The molecule has 60 valence electrons. The van der Waals surface area contributed by atoms with Gasteiger partial charge in [0.15, 0.2) is 0 Å². The lowest BCUT2D eigenvalue weighted by molar-refractivity contribution is 0.124. The Labute approximate surface area is 62.6 Å². The first kappa shape index (κ1) is 8.02.